The number of rotatable bonds is 4. The first-order valence-corrected chi connectivity index (χ1v) is 8.03. The van der Waals surface area contributed by atoms with Gasteiger partial charge in [0, 0.05) is 23.3 Å². The standard InChI is InChI=1S/C10H15BrN4O3S/c11-7-4-9(10(14-12)13-5-7)19(16,17)15-8-2-1-3-18-6-8/h4-5,8,15H,1-3,6,12H2,(H,13,14). The van der Waals surface area contributed by atoms with Crippen molar-refractivity contribution in [3.05, 3.63) is 16.7 Å². The zero-order valence-electron chi connectivity index (χ0n) is 10.1. The second-order valence-corrected chi connectivity index (χ2v) is 6.78. The first-order valence-electron chi connectivity index (χ1n) is 5.75. The molecule has 2 rings (SSSR count). The predicted molar refractivity (Wildman–Crippen MR) is 73.9 cm³/mol. The summed E-state index contributed by atoms with van der Waals surface area (Å²) in [5, 5.41) is 0. The number of nitrogens with one attached hydrogen (secondary N) is 2. The normalized spacial score (nSPS) is 20.2. The van der Waals surface area contributed by atoms with Crippen LogP contribution in [0.25, 0.3) is 0 Å². The molecule has 0 aromatic carbocycles. The van der Waals surface area contributed by atoms with Crippen molar-refractivity contribution in [2.24, 2.45) is 5.84 Å². The van der Waals surface area contributed by atoms with E-state index in [9.17, 15) is 8.42 Å². The number of aromatic nitrogens is 1. The van der Waals surface area contributed by atoms with Crippen LogP contribution in [0.3, 0.4) is 0 Å². The van der Waals surface area contributed by atoms with E-state index in [1.807, 2.05) is 0 Å². The highest BCUT2D eigenvalue weighted by Crippen LogP contribution is 2.23. The van der Waals surface area contributed by atoms with Crippen molar-refractivity contribution in [1.82, 2.24) is 9.71 Å². The van der Waals surface area contributed by atoms with Gasteiger partial charge in [-0.1, -0.05) is 0 Å². The van der Waals surface area contributed by atoms with Crippen LogP contribution >= 0.6 is 15.9 Å². The molecule has 1 atom stereocenters. The van der Waals surface area contributed by atoms with E-state index >= 15 is 0 Å². The van der Waals surface area contributed by atoms with Crippen LogP contribution < -0.4 is 16.0 Å². The van der Waals surface area contributed by atoms with Crippen LogP contribution in [0.4, 0.5) is 5.82 Å². The molecule has 1 aliphatic rings. The summed E-state index contributed by atoms with van der Waals surface area (Å²) in [5.41, 5.74) is 2.28. The van der Waals surface area contributed by atoms with Crippen LogP contribution in [0.15, 0.2) is 21.6 Å². The van der Waals surface area contributed by atoms with Gasteiger partial charge in [0.15, 0.2) is 5.82 Å². The highest BCUT2D eigenvalue weighted by Gasteiger charge is 2.25. The van der Waals surface area contributed by atoms with Crippen molar-refractivity contribution in [3.8, 4) is 0 Å². The Labute approximate surface area is 120 Å². The van der Waals surface area contributed by atoms with Gasteiger partial charge in [-0.05, 0) is 34.8 Å². The molecule has 2 heterocycles. The van der Waals surface area contributed by atoms with Crippen molar-refractivity contribution in [3.63, 3.8) is 0 Å². The van der Waals surface area contributed by atoms with Crippen LogP contribution in [0.5, 0.6) is 0 Å². The fourth-order valence-electron chi connectivity index (χ4n) is 1.85. The Bertz CT molecular complexity index is 546. The van der Waals surface area contributed by atoms with Crippen LogP contribution in [-0.4, -0.2) is 32.7 Å². The Morgan fingerprint density at radius 2 is 2.32 bits per heavy atom. The monoisotopic (exact) mass is 350 g/mol. The maximum absolute atomic E-state index is 12.3. The minimum Gasteiger partial charge on any atom is -0.380 e. The molecule has 0 spiro atoms. The van der Waals surface area contributed by atoms with Crippen molar-refractivity contribution < 1.29 is 13.2 Å². The fourth-order valence-corrected chi connectivity index (χ4v) is 3.73. The van der Waals surface area contributed by atoms with E-state index in [4.69, 9.17) is 10.6 Å². The molecule has 1 unspecified atom stereocenters. The third kappa shape index (κ3) is 3.63. The highest BCUT2D eigenvalue weighted by atomic mass is 79.9. The van der Waals surface area contributed by atoms with Gasteiger partial charge in [-0.15, -0.1) is 0 Å². The summed E-state index contributed by atoms with van der Waals surface area (Å²) in [6.45, 7) is 1.05. The zero-order chi connectivity index (χ0) is 13.9. The third-order valence-corrected chi connectivity index (χ3v) is 4.70. The predicted octanol–water partition coefficient (Wildman–Crippen LogP) is 0.587. The molecule has 1 aromatic heterocycles. The Morgan fingerprint density at radius 3 is 2.95 bits per heavy atom. The molecular weight excluding hydrogens is 336 g/mol. The highest BCUT2D eigenvalue weighted by molar-refractivity contribution is 9.10. The van der Waals surface area contributed by atoms with E-state index in [0.29, 0.717) is 17.7 Å². The van der Waals surface area contributed by atoms with E-state index in [1.54, 1.807) is 0 Å². The first-order chi connectivity index (χ1) is 9.03. The minimum atomic E-state index is -3.69. The van der Waals surface area contributed by atoms with E-state index in [2.05, 4.69) is 31.1 Å². The molecule has 7 nitrogen and oxygen atoms in total. The number of nitrogen functional groups attached to an aromatic ring is 1. The number of hydrogen-bond acceptors (Lipinski definition) is 6. The summed E-state index contributed by atoms with van der Waals surface area (Å²) in [4.78, 5) is 3.93. The van der Waals surface area contributed by atoms with Crippen LogP contribution in [-0.2, 0) is 14.8 Å². The van der Waals surface area contributed by atoms with Gasteiger partial charge in [0.2, 0.25) is 10.0 Å². The number of hydrazine groups is 1. The van der Waals surface area contributed by atoms with Gasteiger partial charge in [-0.3, -0.25) is 0 Å². The van der Waals surface area contributed by atoms with Crippen molar-refractivity contribution >= 4 is 31.8 Å². The van der Waals surface area contributed by atoms with Crippen molar-refractivity contribution in [1.29, 1.82) is 0 Å². The molecule has 0 radical (unpaired) electrons. The molecular formula is C10H15BrN4O3S. The summed E-state index contributed by atoms with van der Waals surface area (Å²) in [7, 11) is -3.69. The molecule has 0 bridgehead atoms. The topological polar surface area (TPSA) is 106 Å². The van der Waals surface area contributed by atoms with Gasteiger partial charge < -0.3 is 10.2 Å². The van der Waals surface area contributed by atoms with E-state index in [1.165, 1.54) is 12.3 Å². The summed E-state index contributed by atoms with van der Waals surface area (Å²) in [5.74, 6) is 5.39. The van der Waals surface area contributed by atoms with Crippen LogP contribution in [0.2, 0.25) is 0 Å². The average molecular weight is 351 g/mol. The summed E-state index contributed by atoms with van der Waals surface area (Å²) in [6.07, 6.45) is 3.07. The number of anilines is 1. The van der Waals surface area contributed by atoms with Gasteiger partial charge in [0.1, 0.15) is 4.90 Å². The van der Waals surface area contributed by atoms with E-state index < -0.39 is 10.0 Å². The summed E-state index contributed by atoms with van der Waals surface area (Å²) >= 11 is 3.20. The Morgan fingerprint density at radius 1 is 1.53 bits per heavy atom. The number of hydrogen-bond donors (Lipinski definition) is 3. The maximum atomic E-state index is 12.3. The lowest BCUT2D eigenvalue weighted by Gasteiger charge is -2.23. The number of sulfonamides is 1. The van der Waals surface area contributed by atoms with Crippen molar-refractivity contribution in [2.45, 2.75) is 23.8 Å². The van der Waals surface area contributed by atoms with Crippen molar-refractivity contribution in [2.75, 3.05) is 18.6 Å². The lowest BCUT2D eigenvalue weighted by atomic mass is 10.1. The Hall–Kier alpha value is -0.740. The molecule has 0 saturated carbocycles. The summed E-state index contributed by atoms with van der Waals surface area (Å²) < 4.78 is 33.0. The van der Waals surface area contributed by atoms with E-state index in [0.717, 1.165) is 12.8 Å². The number of nitrogens with two attached hydrogens (primary N) is 1. The van der Waals surface area contributed by atoms with Crippen LogP contribution in [0.1, 0.15) is 12.8 Å². The number of nitrogens with zero attached hydrogens (tertiary/aromatic N) is 1. The van der Waals surface area contributed by atoms with Gasteiger partial charge in [0.25, 0.3) is 0 Å². The van der Waals surface area contributed by atoms with Gasteiger partial charge in [-0.2, -0.15) is 0 Å². The molecule has 1 aliphatic heterocycles. The molecule has 4 N–H and O–H groups in total. The smallest absolute Gasteiger partial charge is 0.244 e. The SMILES string of the molecule is NNc1ncc(Br)cc1S(=O)(=O)NC1CCCOC1. The number of halogens is 1. The Kier molecular flexibility index (Phi) is 4.74. The molecule has 0 aliphatic carbocycles. The second kappa shape index (κ2) is 6.14. The maximum Gasteiger partial charge on any atom is 0.244 e. The van der Waals surface area contributed by atoms with Gasteiger partial charge >= 0.3 is 0 Å². The molecule has 106 valence electrons. The van der Waals surface area contributed by atoms with Gasteiger partial charge in [-0.25, -0.2) is 24.0 Å². The first kappa shape index (κ1) is 14.7. The number of pyridine rings is 1. The zero-order valence-corrected chi connectivity index (χ0v) is 12.5. The minimum absolute atomic E-state index is 0.00921. The van der Waals surface area contributed by atoms with E-state index in [-0.39, 0.29) is 16.8 Å². The largest absolute Gasteiger partial charge is 0.380 e. The third-order valence-electron chi connectivity index (χ3n) is 2.73. The van der Waals surface area contributed by atoms with Gasteiger partial charge in [0.05, 0.1) is 6.61 Å². The molecule has 9 heteroatoms. The molecule has 1 aromatic rings. The fraction of sp³-hybridized carbons (Fsp3) is 0.500. The lowest BCUT2D eigenvalue weighted by molar-refractivity contribution is 0.0774. The Balaban J connectivity index is 2.25. The van der Waals surface area contributed by atoms with Crippen LogP contribution in [0, 0.1) is 0 Å². The lowest BCUT2D eigenvalue weighted by Crippen LogP contribution is -2.40. The second-order valence-electron chi connectivity index (χ2n) is 4.18. The summed E-state index contributed by atoms with van der Waals surface area (Å²) in [6, 6.07) is 1.23. The number of ether oxygens (including phenoxy) is 1. The molecule has 1 fully saturated rings. The molecule has 1 saturated heterocycles. The average Bonchev–Trinajstić information content (AvgIpc) is 2.39. The quantitative estimate of drug-likeness (QED) is 0.541. The molecule has 0 amide bonds. The molecule has 19 heavy (non-hydrogen) atoms.